The molecule has 0 radical (unpaired) electrons. The van der Waals surface area contributed by atoms with Crippen LogP contribution in [0.1, 0.15) is 31.7 Å². The normalized spacial score (nSPS) is 19.9. The molecule has 0 spiro atoms. The van der Waals surface area contributed by atoms with Crippen molar-refractivity contribution in [1.82, 2.24) is 15.1 Å². The smallest absolute Gasteiger partial charge is 0.268 e. The van der Waals surface area contributed by atoms with Crippen LogP contribution in [0.15, 0.2) is 41.3 Å². The van der Waals surface area contributed by atoms with E-state index < -0.39 is 0 Å². The number of benzene rings is 1. The molecule has 160 valence electrons. The molecule has 1 aromatic heterocycles. The fraction of sp³-hybridized carbons (Fsp3) is 0.522. The highest BCUT2D eigenvalue weighted by Gasteiger charge is 2.28. The van der Waals surface area contributed by atoms with Crippen LogP contribution in [0, 0.1) is 11.8 Å². The van der Waals surface area contributed by atoms with Gasteiger partial charge in [0.05, 0.1) is 17.8 Å². The Kier molecular flexibility index (Phi) is 6.06. The van der Waals surface area contributed by atoms with E-state index in [0.717, 1.165) is 43.2 Å². The van der Waals surface area contributed by atoms with Crippen LogP contribution >= 0.6 is 0 Å². The highest BCUT2D eigenvalue weighted by Crippen LogP contribution is 2.24. The Morgan fingerprint density at radius 1 is 1.07 bits per heavy atom. The number of anilines is 2. The highest BCUT2D eigenvalue weighted by molar-refractivity contribution is 5.80. The summed E-state index contributed by atoms with van der Waals surface area (Å²) >= 11 is 0. The molecule has 3 heterocycles. The molecule has 0 saturated carbocycles. The van der Waals surface area contributed by atoms with Gasteiger partial charge in [0.1, 0.15) is 0 Å². The molecule has 2 aliphatic rings. The van der Waals surface area contributed by atoms with Gasteiger partial charge in [-0.15, -0.1) is 0 Å². The zero-order valence-corrected chi connectivity index (χ0v) is 17.9. The molecule has 1 atom stereocenters. The summed E-state index contributed by atoms with van der Waals surface area (Å²) in [5.74, 6) is 0.831. The van der Waals surface area contributed by atoms with Crippen molar-refractivity contribution in [1.29, 1.82) is 0 Å². The van der Waals surface area contributed by atoms with Crippen molar-refractivity contribution in [2.24, 2.45) is 18.9 Å². The summed E-state index contributed by atoms with van der Waals surface area (Å²) in [6.45, 7) is 6.49. The molecule has 0 aliphatic carbocycles. The third-order valence-electron chi connectivity index (χ3n) is 6.43. The van der Waals surface area contributed by atoms with Crippen LogP contribution in [0.2, 0.25) is 0 Å². The van der Waals surface area contributed by atoms with Crippen LogP contribution < -0.4 is 20.7 Å². The van der Waals surface area contributed by atoms with Gasteiger partial charge in [0.15, 0.2) is 0 Å². The molecule has 7 nitrogen and oxygen atoms in total. The number of amides is 1. The standard InChI is InChI=1S/C23H31N5O2/c1-17-7-10-27(11-8-17)20-5-3-18(4-6-20)14-24-23(30)19-9-12-28(16-19)21-13-22(29)26(2)25-15-21/h3-6,13,15,17,19H,7-12,14,16H2,1-2H3,(H,24,30). The van der Waals surface area contributed by atoms with Crippen LogP contribution in [0.5, 0.6) is 0 Å². The first-order chi connectivity index (χ1) is 14.5. The first kappa shape index (κ1) is 20.4. The Balaban J connectivity index is 1.27. The van der Waals surface area contributed by atoms with Crippen LogP contribution in [0.3, 0.4) is 0 Å². The number of nitrogens with one attached hydrogen (secondary N) is 1. The lowest BCUT2D eigenvalue weighted by molar-refractivity contribution is -0.124. The van der Waals surface area contributed by atoms with Gasteiger partial charge in [0.2, 0.25) is 5.91 Å². The highest BCUT2D eigenvalue weighted by atomic mass is 16.2. The lowest BCUT2D eigenvalue weighted by atomic mass is 9.98. The molecule has 30 heavy (non-hydrogen) atoms. The summed E-state index contributed by atoms with van der Waals surface area (Å²) in [7, 11) is 1.63. The van der Waals surface area contributed by atoms with Crippen molar-refractivity contribution < 1.29 is 4.79 Å². The largest absolute Gasteiger partial charge is 0.372 e. The Morgan fingerprint density at radius 3 is 2.47 bits per heavy atom. The molecule has 1 amide bonds. The van der Waals surface area contributed by atoms with Crippen molar-refractivity contribution in [3.05, 3.63) is 52.4 Å². The molecule has 4 rings (SSSR count). The van der Waals surface area contributed by atoms with Crippen LogP contribution in [0.25, 0.3) is 0 Å². The molecule has 1 aromatic carbocycles. The van der Waals surface area contributed by atoms with Gasteiger partial charge >= 0.3 is 0 Å². The van der Waals surface area contributed by atoms with Gasteiger partial charge in [-0.2, -0.15) is 5.10 Å². The van der Waals surface area contributed by atoms with E-state index in [1.807, 2.05) is 0 Å². The van der Waals surface area contributed by atoms with Crippen molar-refractivity contribution in [3.63, 3.8) is 0 Å². The first-order valence-corrected chi connectivity index (χ1v) is 10.9. The van der Waals surface area contributed by atoms with Crippen LogP contribution in [-0.2, 0) is 18.4 Å². The van der Waals surface area contributed by atoms with Crippen molar-refractivity contribution in [2.75, 3.05) is 36.0 Å². The molecule has 2 saturated heterocycles. The maximum atomic E-state index is 12.6. The summed E-state index contributed by atoms with van der Waals surface area (Å²) < 4.78 is 1.31. The van der Waals surface area contributed by atoms with E-state index in [-0.39, 0.29) is 17.4 Å². The van der Waals surface area contributed by atoms with Gasteiger partial charge in [0.25, 0.3) is 5.56 Å². The minimum absolute atomic E-state index is 0.0660. The molecule has 7 heteroatoms. The molecule has 1 N–H and O–H groups in total. The molecule has 2 aromatic rings. The van der Waals surface area contributed by atoms with E-state index in [1.165, 1.54) is 23.2 Å². The molecule has 2 fully saturated rings. The lowest BCUT2D eigenvalue weighted by Gasteiger charge is -2.32. The predicted molar refractivity (Wildman–Crippen MR) is 119 cm³/mol. The second kappa shape index (κ2) is 8.90. The predicted octanol–water partition coefficient (Wildman–Crippen LogP) is 2.16. The van der Waals surface area contributed by atoms with Gasteiger partial charge in [-0.05, 0) is 42.9 Å². The minimum atomic E-state index is -0.136. The third kappa shape index (κ3) is 4.66. The fourth-order valence-corrected chi connectivity index (χ4v) is 4.27. The quantitative estimate of drug-likeness (QED) is 0.820. The number of piperidine rings is 1. The van der Waals surface area contributed by atoms with Gasteiger partial charge in [0, 0.05) is 51.5 Å². The summed E-state index contributed by atoms with van der Waals surface area (Å²) in [6.07, 6.45) is 4.98. The maximum absolute atomic E-state index is 12.6. The zero-order chi connectivity index (χ0) is 21.1. The Hall–Kier alpha value is -2.83. The second-order valence-corrected chi connectivity index (χ2v) is 8.66. The number of aromatic nitrogens is 2. The number of nitrogens with zero attached hydrogens (tertiary/aromatic N) is 4. The Morgan fingerprint density at radius 2 is 1.77 bits per heavy atom. The van der Waals surface area contributed by atoms with Crippen LogP contribution in [-0.4, -0.2) is 41.9 Å². The number of aryl methyl sites for hydroxylation is 1. The Labute approximate surface area is 177 Å². The van der Waals surface area contributed by atoms with E-state index in [0.29, 0.717) is 13.1 Å². The topological polar surface area (TPSA) is 70.5 Å². The second-order valence-electron chi connectivity index (χ2n) is 8.66. The van der Waals surface area contributed by atoms with Gasteiger partial charge < -0.3 is 15.1 Å². The van der Waals surface area contributed by atoms with E-state index >= 15 is 0 Å². The summed E-state index contributed by atoms with van der Waals surface area (Å²) in [6, 6.07) is 10.1. The average Bonchev–Trinajstić information content (AvgIpc) is 3.25. The Bertz CT molecular complexity index is 931. The molecular weight excluding hydrogens is 378 g/mol. The molecule has 1 unspecified atom stereocenters. The number of carbonyl (C=O) groups is 1. The van der Waals surface area contributed by atoms with Gasteiger partial charge in [-0.1, -0.05) is 19.1 Å². The summed E-state index contributed by atoms with van der Waals surface area (Å²) in [5.41, 5.74) is 3.04. The van der Waals surface area contributed by atoms with Crippen molar-refractivity contribution >= 4 is 17.3 Å². The number of hydrogen-bond acceptors (Lipinski definition) is 5. The molecule has 2 aliphatic heterocycles. The maximum Gasteiger partial charge on any atom is 0.268 e. The molecular formula is C23H31N5O2. The zero-order valence-electron chi connectivity index (χ0n) is 17.9. The van der Waals surface area contributed by atoms with Crippen molar-refractivity contribution in [2.45, 2.75) is 32.7 Å². The average molecular weight is 410 g/mol. The van der Waals surface area contributed by atoms with E-state index in [4.69, 9.17) is 0 Å². The SMILES string of the molecule is CC1CCN(c2ccc(CNC(=O)C3CCN(c4cnn(C)c(=O)c4)C3)cc2)CC1. The van der Waals surface area contributed by atoms with E-state index in [9.17, 15) is 9.59 Å². The van der Waals surface area contributed by atoms with E-state index in [2.05, 4.69) is 51.4 Å². The minimum Gasteiger partial charge on any atom is -0.372 e. The summed E-state index contributed by atoms with van der Waals surface area (Å²) in [4.78, 5) is 28.9. The van der Waals surface area contributed by atoms with Crippen LogP contribution in [0.4, 0.5) is 11.4 Å². The fourth-order valence-electron chi connectivity index (χ4n) is 4.27. The first-order valence-electron chi connectivity index (χ1n) is 10.9. The van der Waals surface area contributed by atoms with Gasteiger partial charge in [-0.25, -0.2) is 4.68 Å². The van der Waals surface area contributed by atoms with Crippen molar-refractivity contribution in [3.8, 4) is 0 Å². The number of hydrogen-bond donors (Lipinski definition) is 1. The number of rotatable bonds is 5. The van der Waals surface area contributed by atoms with E-state index in [1.54, 1.807) is 19.3 Å². The monoisotopic (exact) mass is 409 g/mol. The number of carbonyl (C=O) groups excluding carboxylic acids is 1. The summed E-state index contributed by atoms with van der Waals surface area (Å²) in [5, 5.41) is 7.15. The molecule has 0 bridgehead atoms. The van der Waals surface area contributed by atoms with Gasteiger partial charge in [-0.3, -0.25) is 9.59 Å². The third-order valence-corrected chi connectivity index (χ3v) is 6.43. The lowest BCUT2D eigenvalue weighted by Crippen LogP contribution is -2.33.